The highest BCUT2D eigenvalue weighted by molar-refractivity contribution is 5.81. The van der Waals surface area contributed by atoms with Crippen molar-refractivity contribution in [2.75, 3.05) is 7.05 Å². The Bertz CT molecular complexity index is 227. The van der Waals surface area contributed by atoms with E-state index in [9.17, 15) is 0 Å². The Kier molecular flexibility index (Phi) is 3.32. The molecule has 0 saturated heterocycles. The lowest BCUT2D eigenvalue weighted by Gasteiger charge is -2.33. The first-order valence-electron chi connectivity index (χ1n) is 6.51. The van der Waals surface area contributed by atoms with Gasteiger partial charge in [-0.2, -0.15) is 0 Å². The zero-order valence-corrected chi connectivity index (χ0v) is 10.1. The fourth-order valence-electron chi connectivity index (χ4n) is 2.78. The summed E-state index contributed by atoms with van der Waals surface area (Å²) in [5.41, 5.74) is 0. The van der Waals surface area contributed by atoms with Crippen LogP contribution in [-0.2, 0) is 0 Å². The fourth-order valence-corrected chi connectivity index (χ4v) is 2.78. The van der Waals surface area contributed by atoms with Crippen LogP contribution in [0.25, 0.3) is 0 Å². The zero-order valence-electron chi connectivity index (χ0n) is 10.1. The zero-order chi connectivity index (χ0) is 10.8. The number of nitrogens with one attached hydrogen (secondary N) is 1. The van der Waals surface area contributed by atoms with Crippen LogP contribution >= 0.6 is 0 Å². The van der Waals surface area contributed by atoms with Crippen LogP contribution in [0, 0.1) is 17.2 Å². The summed E-state index contributed by atoms with van der Waals surface area (Å²) in [5.74, 6) is 2.35. The van der Waals surface area contributed by atoms with Crippen molar-refractivity contribution in [2.45, 2.75) is 57.9 Å². The lowest BCUT2D eigenvalue weighted by Crippen LogP contribution is -2.40. The molecular formula is C13H24N2. The second-order valence-electron chi connectivity index (χ2n) is 5.41. The van der Waals surface area contributed by atoms with Crippen molar-refractivity contribution in [2.24, 2.45) is 11.8 Å². The van der Waals surface area contributed by atoms with Crippen molar-refractivity contribution < 1.29 is 0 Å². The standard InChI is InChI=1S/C13H24N2/c1-10(11-8-9-11)15(2)13(14)12-6-4-3-5-7-12/h10-12,14H,3-9H2,1-2H3. The minimum atomic E-state index is 0.560. The molecular weight excluding hydrogens is 184 g/mol. The van der Waals surface area contributed by atoms with E-state index in [1.807, 2.05) is 0 Å². The molecule has 86 valence electrons. The second kappa shape index (κ2) is 4.54. The van der Waals surface area contributed by atoms with Gasteiger partial charge in [-0.15, -0.1) is 0 Å². The highest BCUT2D eigenvalue weighted by Crippen LogP contribution is 2.36. The molecule has 1 atom stereocenters. The molecule has 2 aliphatic rings. The van der Waals surface area contributed by atoms with Crippen molar-refractivity contribution >= 4 is 5.84 Å². The van der Waals surface area contributed by atoms with E-state index >= 15 is 0 Å². The van der Waals surface area contributed by atoms with Crippen LogP contribution in [-0.4, -0.2) is 23.8 Å². The van der Waals surface area contributed by atoms with Crippen LogP contribution in [0.15, 0.2) is 0 Å². The van der Waals surface area contributed by atoms with Gasteiger partial charge in [-0.1, -0.05) is 19.3 Å². The minimum Gasteiger partial charge on any atom is -0.360 e. The van der Waals surface area contributed by atoms with E-state index < -0.39 is 0 Å². The molecule has 0 aromatic heterocycles. The number of hydrogen-bond donors (Lipinski definition) is 1. The third-order valence-corrected chi connectivity index (χ3v) is 4.29. The molecule has 2 nitrogen and oxygen atoms in total. The molecule has 0 bridgehead atoms. The molecule has 1 N–H and O–H groups in total. The van der Waals surface area contributed by atoms with E-state index in [2.05, 4.69) is 18.9 Å². The topological polar surface area (TPSA) is 27.1 Å². The molecule has 2 saturated carbocycles. The van der Waals surface area contributed by atoms with Gasteiger partial charge in [0.25, 0.3) is 0 Å². The molecule has 0 amide bonds. The maximum absolute atomic E-state index is 8.27. The summed E-state index contributed by atoms with van der Waals surface area (Å²) < 4.78 is 0. The fraction of sp³-hybridized carbons (Fsp3) is 0.923. The van der Waals surface area contributed by atoms with E-state index in [1.165, 1.54) is 44.9 Å². The predicted molar refractivity (Wildman–Crippen MR) is 64.3 cm³/mol. The first-order chi connectivity index (χ1) is 7.20. The van der Waals surface area contributed by atoms with Crippen molar-refractivity contribution in [3.63, 3.8) is 0 Å². The Labute approximate surface area is 93.6 Å². The van der Waals surface area contributed by atoms with Crippen molar-refractivity contribution in [3.05, 3.63) is 0 Å². The van der Waals surface area contributed by atoms with Crippen LogP contribution in [0.5, 0.6) is 0 Å². The first kappa shape index (κ1) is 11.0. The summed E-state index contributed by atoms with van der Waals surface area (Å²) in [6, 6.07) is 0.597. The Hall–Kier alpha value is -0.530. The molecule has 2 aliphatic carbocycles. The molecule has 0 spiro atoms. The Morgan fingerprint density at radius 1 is 1.13 bits per heavy atom. The average Bonchev–Trinajstić information content (AvgIpc) is 3.11. The second-order valence-corrected chi connectivity index (χ2v) is 5.41. The van der Waals surface area contributed by atoms with Gasteiger partial charge in [0, 0.05) is 19.0 Å². The van der Waals surface area contributed by atoms with E-state index in [-0.39, 0.29) is 0 Å². The van der Waals surface area contributed by atoms with Crippen LogP contribution in [0.4, 0.5) is 0 Å². The SMILES string of the molecule is CC(C1CC1)N(C)C(=N)C1CCCCC1. The number of amidine groups is 1. The van der Waals surface area contributed by atoms with E-state index in [0.29, 0.717) is 12.0 Å². The predicted octanol–water partition coefficient (Wildman–Crippen LogP) is 3.27. The van der Waals surface area contributed by atoms with Gasteiger partial charge in [-0.3, -0.25) is 5.41 Å². The summed E-state index contributed by atoms with van der Waals surface area (Å²) >= 11 is 0. The quantitative estimate of drug-likeness (QED) is 0.559. The van der Waals surface area contributed by atoms with Crippen LogP contribution < -0.4 is 0 Å². The highest BCUT2D eigenvalue weighted by Gasteiger charge is 2.33. The maximum Gasteiger partial charge on any atom is 0.0989 e. The lowest BCUT2D eigenvalue weighted by atomic mass is 9.87. The van der Waals surface area contributed by atoms with Gasteiger partial charge in [0.2, 0.25) is 0 Å². The van der Waals surface area contributed by atoms with Gasteiger partial charge < -0.3 is 4.90 Å². The van der Waals surface area contributed by atoms with Crippen LogP contribution in [0.2, 0.25) is 0 Å². The number of rotatable bonds is 3. The maximum atomic E-state index is 8.27. The van der Waals surface area contributed by atoms with E-state index in [1.54, 1.807) is 0 Å². The average molecular weight is 208 g/mol. The molecule has 0 radical (unpaired) electrons. The molecule has 2 rings (SSSR count). The molecule has 0 heterocycles. The smallest absolute Gasteiger partial charge is 0.0989 e. The van der Waals surface area contributed by atoms with Crippen LogP contribution in [0.1, 0.15) is 51.9 Å². The summed E-state index contributed by atoms with van der Waals surface area (Å²) in [7, 11) is 2.12. The summed E-state index contributed by atoms with van der Waals surface area (Å²) in [6.45, 7) is 2.29. The molecule has 2 fully saturated rings. The van der Waals surface area contributed by atoms with E-state index in [0.717, 1.165) is 11.8 Å². The normalized spacial score (nSPS) is 24.9. The molecule has 1 unspecified atom stereocenters. The Balaban J connectivity index is 1.87. The van der Waals surface area contributed by atoms with Crippen LogP contribution in [0.3, 0.4) is 0 Å². The third kappa shape index (κ3) is 2.53. The van der Waals surface area contributed by atoms with Gasteiger partial charge in [0.15, 0.2) is 0 Å². The van der Waals surface area contributed by atoms with Crippen molar-refractivity contribution in [1.82, 2.24) is 4.90 Å². The molecule has 2 heteroatoms. The lowest BCUT2D eigenvalue weighted by molar-refractivity contribution is 0.314. The van der Waals surface area contributed by atoms with Gasteiger partial charge in [-0.25, -0.2) is 0 Å². The van der Waals surface area contributed by atoms with Gasteiger partial charge in [0.05, 0.1) is 5.84 Å². The summed E-state index contributed by atoms with van der Waals surface area (Å²) in [6.07, 6.45) is 9.30. The monoisotopic (exact) mass is 208 g/mol. The molecule has 0 aromatic rings. The summed E-state index contributed by atoms with van der Waals surface area (Å²) in [4.78, 5) is 2.24. The third-order valence-electron chi connectivity index (χ3n) is 4.29. The van der Waals surface area contributed by atoms with Gasteiger partial charge >= 0.3 is 0 Å². The molecule has 15 heavy (non-hydrogen) atoms. The van der Waals surface area contributed by atoms with Crippen molar-refractivity contribution in [3.8, 4) is 0 Å². The highest BCUT2D eigenvalue weighted by atomic mass is 15.2. The minimum absolute atomic E-state index is 0.560. The summed E-state index contributed by atoms with van der Waals surface area (Å²) in [5, 5.41) is 8.27. The first-order valence-corrected chi connectivity index (χ1v) is 6.51. The Morgan fingerprint density at radius 2 is 1.73 bits per heavy atom. The Morgan fingerprint density at radius 3 is 2.27 bits per heavy atom. The number of hydrogen-bond acceptors (Lipinski definition) is 1. The van der Waals surface area contributed by atoms with Gasteiger partial charge in [-0.05, 0) is 38.5 Å². The van der Waals surface area contributed by atoms with E-state index in [4.69, 9.17) is 5.41 Å². The van der Waals surface area contributed by atoms with Gasteiger partial charge in [0.1, 0.15) is 0 Å². The van der Waals surface area contributed by atoms with Crippen molar-refractivity contribution in [1.29, 1.82) is 5.41 Å². The largest absolute Gasteiger partial charge is 0.360 e. The number of nitrogens with zero attached hydrogens (tertiary/aromatic N) is 1. The molecule has 0 aliphatic heterocycles. The molecule has 0 aromatic carbocycles.